The molecule has 0 spiro atoms. The number of rotatable bonds is 10. The average molecular weight is 912 g/mol. The number of benzene rings is 2. The summed E-state index contributed by atoms with van der Waals surface area (Å²) in [7, 11) is 0. The van der Waals surface area contributed by atoms with E-state index >= 15 is 4.79 Å². The van der Waals surface area contributed by atoms with Crippen LogP contribution in [0.15, 0.2) is 66.9 Å². The van der Waals surface area contributed by atoms with Crippen molar-refractivity contribution >= 4 is 17.8 Å². The van der Waals surface area contributed by atoms with E-state index in [4.69, 9.17) is 14.5 Å². The molecule has 2 aromatic carbocycles. The third-order valence-electron chi connectivity index (χ3n) is 22.1. The van der Waals surface area contributed by atoms with Crippen molar-refractivity contribution in [3.05, 3.63) is 78.2 Å². The first-order chi connectivity index (χ1) is 31.9. The highest BCUT2D eigenvalue weighted by atomic mass is 16.5. The number of H-pyrrole nitrogens is 1. The molecule has 8 heteroatoms. The molecule has 6 saturated carbocycles. The molecule has 1 aromatic heterocycles. The third kappa shape index (κ3) is 7.06. The Bertz CT molecular complexity index is 2330. The van der Waals surface area contributed by atoms with Crippen LogP contribution in [0, 0.1) is 79.8 Å². The first-order valence-electron chi connectivity index (χ1n) is 26.8. The summed E-state index contributed by atoms with van der Waals surface area (Å²) in [6.45, 7) is 22.9. The van der Waals surface area contributed by atoms with Gasteiger partial charge in [-0.05, 0) is 158 Å². The smallest absolute Gasteiger partial charge is 0.309 e. The number of esters is 2. The minimum Gasteiger partial charge on any atom is -0.462 e. The predicted octanol–water partition coefficient (Wildman–Crippen LogP) is 13.2. The van der Waals surface area contributed by atoms with Crippen LogP contribution < -0.4 is 0 Å². The van der Waals surface area contributed by atoms with E-state index in [0.717, 1.165) is 93.4 Å². The van der Waals surface area contributed by atoms with Gasteiger partial charge >= 0.3 is 11.9 Å². The van der Waals surface area contributed by atoms with Gasteiger partial charge in [-0.2, -0.15) is 0 Å². The monoisotopic (exact) mass is 912 g/mol. The van der Waals surface area contributed by atoms with Gasteiger partial charge in [0.2, 0.25) is 5.91 Å². The summed E-state index contributed by atoms with van der Waals surface area (Å²) in [5, 5.41) is 0. The van der Waals surface area contributed by atoms with Gasteiger partial charge in [-0.3, -0.25) is 14.4 Å². The molecule has 1 saturated heterocycles. The molecule has 1 aliphatic heterocycles. The standard InChI is InChI=1S/C59H81N3O5/c1-10-55(6)42(51(63)66-36-38-18-13-11-14-19-38)34-43(55)52(64)67-48-27-28-56(7)46(54(48,4)5)26-29-58(9)47(56)24-23-41-49-40(37(2)3)25-30-59(49,32-31-57(41,58)8)53(65)62-33-17-22-45(62)50-60-35-44(61-50)39-20-15-12-16-21-39/h11-16,18-21,35,37,40-43,45-49H,10,17,22-34,36H2,1-9H3,(H,60,61)/t40-,41+,42-,43+,45?,46?,47?,48-,49?,55?,56-,57+,58+,59-/m0/s1. The van der Waals surface area contributed by atoms with Crippen LogP contribution in [0.25, 0.3) is 11.3 Å². The number of likely N-dealkylation sites (tertiary alicyclic amines) is 1. The number of fused-ring (bicyclic) bond motifs is 7. The second-order valence-corrected chi connectivity index (χ2v) is 25.1. The molecule has 7 aliphatic rings. The first kappa shape index (κ1) is 46.8. The molecule has 0 bridgehead atoms. The molecule has 10 rings (SSSR count). The molecule has 2 heterocycles. The number of hydrogen-bond acceptors (Lipinski definition) is 6. The van der Waals surface area contributed by atoms with Gasteiger partial charge in [0.05, 0.1) is 35.2 Å². The lowest BCUT2D eigenvalue weighted by molar-refractivity contribution is -0.253. The van der Waals surface area contributed by atoms with Crippen molar-refractivity contribution in [2.75, 3.05) is 6.54 Å². The molecule has 6 aliphatic carbocycles. The fourth-order valence-electron chi connectivity index (χ4n) is 17.9. The lowest BCUT2D eigenvalue weighted by atomic mass is 9.32. The molecule has 14 atom stereocenters. The highest BCUT2D eigenvalue weighted by Gasteiger charge is 2.73. The summed E-state index contributed by atoms with van der Waals surface area (Å²) in [4.78, 5) is 54.2. The molecule has 7 fully saturated rings. The Hall–Kier alpha value is -3.94. The number of nitrogens with zero attached hydrogens (tertiary/aromatic N) is 2. The fraction of sp³-hybridized carbons (Fsp3) is 0.695. The Morgan fingerprint density at radius 3 is 2.21 bits per heavy atom. The lowest BCUT2D eigenvalue weighted by Crippen LogP contribution is -2.67. The summed E-state index contributed by atoms with van der Waals surface area (Å²) in [5.41, 5.74) is 2.61. The molecular weight excluding hydrogens is 831 g/mol. The number of imidazole rings is 1. The number of ether oxygens (including phenoxy) is 2. The van der Waals surface area contributed by atoms with Gasteiger partial charge in [0.25, 0.3) is 0 Å². The zero-order valence-corrected chi connectivity index (χ0v) is 42.4. The maximum absolute atomic E-state index is 15.7. The topological polar surface area (TPSA) is 102 Å². The molecule has 362 valence electrons. The number of carbonyl (C=O) groups excluding carboxylic acids is 3. The number of hydrogen-bond donors (Lipinski definition) is 1. The van der Waals surface area contributed by atoms with Crippen molar-refractivity contribution in [2.45, 2.75) is 171 Å². The quantitative estimate of drug-likeness (QED) is 0.203. The molecular formula is C59H81N3O5. The number of amides is 1. The van der Waals surface area contributed by atoms with Gasteiger partial charge in [0.1, 0.15) is 18.5 Å². The Kier molecular flexibility index (Phi) is 11.8. The number of nitrogens with one attached hydrogen (secondary N) is 1. The minimum absolute atomic E-state index is 0.00315. The minimum atomic E-state index is -0.475. The predicted molar refractivity (Wildman–Crippen MR) is 263 cm³/mol. The van der Waals surface area contributed by atoms with Gasteiger partial charge in [-0.25, -0.2) is 4.98 Å². The SMILES string of the molecule is CCC1(C)[C@@H](C(=O)O[C@H]2CC[C@@]3(C)C(CC[C@]4(C)C3CC[C@@H]3C5[C@H](C(C)C)CC[C@]5(C(=O)N5CCCC5c5ncc(-c6ccccc6)[nH]5)CC[C@]34C)C2(C)C)C[C@H]1C(=O)OCc1ccccc1. The van der Waals surface area contributed by atoms with Crippen molar-refractivity contribution in [3.8, 4) is 11.3 Å². The Balaban J connectivity index is 0.851. The lowest BCUT2D eigenvalue weighted by Gasteiger charge is -2.73. The second kappa shape index (κ2) is 16.9. The summed E-state index contributed by atoms with van der Waals surface area (Å²) >= 11 is 0. The molecule has 3 aromatic rings. The van der Waals surface area contributed by atoms with Gasteiger partial charge in [0.15, 0.2) is 0 Å². The number of aromatic nitrogens is 2. The van der Waals surface area contributed by atoms with E-state index in [0.29, 0.717) is 47.8 Å². The van der Waals surface area contributed by atoms with Crippen LogP contribution in [-0.4, -0.2) is 45.4 Å². The number of aromatic amines is 1. The Morgan fingerprint density at radius 1 is 0.776 bits per heavy atom. The Morgan fingerprint density at radius 2 is 1.49 bits per heavy atom. The molecule has 1 amide bonds. The maximum atomic E-state index is 15.7. The van der Waals surface area contributed by atoms with E-state index in [2.05, 4.69) is 96.5 Å². The highest BCUT2D eigenvalue weighted by Crippen LogP contribution is 2.78. The van der Waals surface area contributed by atoms with Crippen LogP contribution in [-0.2, 0) is 30.5 Å². The van der Waals surface area contributed by atoms with E-state index < -0.39 is 5.41 Å². The van der Waals surface area contributed by atoms with Gasteiger partial charge in [-0.15, -0.1) is 0 Å². The van der Waals surface area contributed by atoms with Crippen LogP contribution >= 0.6 is 0 Å². The van der Waals surface area contributed by atoms with E-state index in [1.807, 2.05) is 42.6 Å². The van der Waals surface area contributed by atoms with Crippen LogP contribution in [0.1, 0.15) is 170 Å². The number of carbonyl (C=O) groups is 3. The van der Waals surface area contributed by atoms with Crippen molar-refractivity contribution in [3.63, 3.8) is 0 Å². The van der Waals surface area contributed by atoms with Crippen molar-refractivity contribution < 1.29 is 23.9 Å². The summed E-state index contributed by atoms with van der Waals surface area (Å²) in [6.07, 6.45) is 16.0. The van der Waals surface area contributed by atoms with Gasteiger partial charge in [0, 0.05) is 12.0 Å². The fourth-order valence-corrected chi connectivity index (χ4v) is 17.9. The summed E-state index contributed by atoms with van der Waals surface area (Å²) in [5.74, 6) is 3.49. The average Bonchev–Trinajstić information content (AvgIpc) is 4.09. The second-order valence-electron chi connectivity index (χ2n) is 25.1. The molecule has 8 nitrogen and oxygen atoms in total. The molecule has 67 heavy (non-hydrogen) atoms. The molecule has 0 radical (unpaired) electrons. The molecule has 5 unspecified atom stereocenters. The largest absolute Gasteiger partial charge is 0.462 e. The van der Waals surface area contributed by atoms with Crippen LogP contribution in [0.2, 0.25) is 0 Å². The van der Waals surface area contributed by atoms with Crippen LogP contribution in [0.5, 0.6) is 0 Å². The zero-order valence-electron chi connectivity index (χ0n) is 42.4. The van der Waals surface area contributed by atoms with E-state index in [1.54, 1.807) is 0 Å². The Labute approximate surface area is 401 Å². The van der Waals surface area contributed by atoms with E-state index in [-0.39, 0.29) is 69.6 Å². The third-order valence-corrected chi connectivity index (χ3v) is 22.1. The molecule has 1 N–H and O–H groups in total. The van der Waals surface area contributed by atoms with Gasteiger partial charge in [-0.1, -0.05) is 123 Å². The highest BCUT2D eigenvalue weighted by molar-refractivity contribution is 5.85. The van der Waals surface area contributed by atoms with E-state index in [9.17, 15) is 9.59 Å². The van der Waals surface area contributed by atoms with Crippen molar-refractivity contribution in [1.29, 1.82) is 0 Å². The van der Waals surface area contributed by atoms with Crippen molar-refractivity contribution in [2.24, 2.45) is 79.8 Å². The van der Waals surface area contributed by atoms with Gasteiger partial charge < -0.3 is 19.4 Å². The van der Waals surface area contributed by atoms with E-state index in [1.165, 1.54) is 19.3 Å². The van der Waals surface area contributed by atoms with Crippen LogP contribution in [0.4, 0.5) is 0 Å². The summed E-state index contributed by atoms with van der Waals surface area (Å²) in [6, 6.07) is 20.2. The first-order valence-corrected chi connectivity index (χ1v) is 26.8. The maximum Gasteiger partial charge on any atom is 0.309 e. The zero-order chi connectivity index (χ0) is 47.3. The van der Waals surface area contributed by atoms with Crippen molar-refractivity contribution in [1.82, 2.24) is 14.9 Å². The normalized spacial score (nSPS) is 40.7. The summed E-state index contributed by atoms with van der Waals surface area (Å²) < 4.78 is 12.5. The van der Waals surface area contributed by atoms with Crippen LogP contribution in [0.3, 0.4) is 0 Å².